The van der Waals surface area contributed by atoms with E-state index in [-0.39, 0.29) is 0 Å². The molecule has 63 heavy (non-hydrogen) atoms. The van der Waals surface area contributed by atoms with Crippen LogP contribution in [0.4, 0.5) is 87.8 Å². The van der Waals surface area contributed by atoms with Crippen molar-refractivity contribution in [1.29, 1.82) is 0 Å². The first-order valence-corrected chi connectivity index (χ1v) is 19.6. The summed E-state index contributed by atoms with van der Waals surface area (Å²) in [5.41, 5.74) is -14.3. The summed E-state index contributed by atoms with van der Waals surface area (Å²) in [6.45, 7) is 7.36. The number of hydrogen-bond donors (Lipinski definition) is 1. The molecule has 0 heterocycles. The Balaban J connectivity index is 0.000000495. The molecular weight excluding hydrogens is 897 g/mol. The lowest BCUT2D eigenvalue weighted by atomic mass is 9.12. The molecule has 22 heteroatoms. The van der Waals surface area contributed by atoms with Gasteiger partial charge in [0.1, 0.15) is 52.7 Å². The van der Waals surface area contributed by atoms with Crippen molar-refractivity contribution in [1.82, 2.24) is 0 Å². The van der Waals surface area contributed by atoms with Crippen molar-refractivity contribution >= 4 is 28.0 Å². The molecule has 0 saturated heterocycles. The monoisotopic (exact) mass is 935 g/mol. The van der Waals surface area contributed by atoms with Crippen LogP contribution in [0.5, 0.6) is 0 Å². The highest BCUT2D eigenvalue weighted by Gasteiger charge is 2.52. The number of nitrogens with one attached hydrogen (secondary N) is 1. The summed E-state index contributed by atoms with van der Waals surface area (Å²) >= 11 is 0. The zero-order chi connectivity index (χ0) is 47.8. The molecule has 350 valence electrons. The lowest BCUT2D eigenvalue weighted by Gasteiger charge is -2.44. The summed E-state index contributed by atoms with van der Waals surface area (Å²) in [7, 11) is 2.37. The van der Waals surface area contributed by atoms with Crippen LogP contribution in [0.15, 0.2) is 0 Å². The summed E-state index contributed by atoms with van der Waals surface area (Å²) < 4.78 is 294. The van der Waals surface area contributed by atoms with Crippen molar-refractivity contribution in [3.63, 3.8) is 0 Å². The maximum atomic E-state index is 15.4. The van der Waals surface area contributed by atoms with Gasteiger partial charge in [0.05, 0.1) is 20.1 Å². The van der Waals surface area contributed by atoms with Gasteiger partial charge >= 0.3 is 0 Å². The first kappa shape index (κ1) is 52.8. The van der Waals surface area contributed by atoms with Gasteiger partial charge < -0.3 is 4.90 Å². The van der Waals surface area contributed by atoms with Crippen molar-refractivity contribution in [3.05, 3.63) is 116 Å². The Hall–Kier alpha value is -4.50. The van der Waals surface area contributed by atoms with Crippen LogP contribution in [0.1, 0.15) is 90.9 Å². The van der Waals surface area contributed by atoms with Gasteiger partial charge in [-0.15, -0.1) is 21.9 Å². The first-order valence-electron chi connectivity index (χ1n) is 19.6. The highest BCUT2D eigenvalue weighted by Crippen LogP contribution is 2.30. The first-order chi connectivity index (χ1) is 29.5. The molecule has 0 radical (unpaired) electrons. The number of hydrogen-bond acceptors (Lipinski definition) is 0. The molecule has 1 nitrogen and oxygen atoms in total. The average Bonchev–Trinajstić information content (AvgIpc) is 3.26. The molecule has 0 fully saturated rings. The summed E-state index contributed by atoms with van der Waals surface area (Å²) in [6.07, 6.45) is 9.97. The molecule has 0 saturated carbocycles. The molecule has 1 N–H and O–H groups in total. The zero-order valence-electron chi connectivity index (χ0n) is 33.5. The quantitative estimate of drug-likeness (QED) is 0.0334. The third kappa shape index (κ3) is 10.2. The normalized spacial score (nSPS) is 11.8. The van der Waals surface area contributed by atoms with Crippen LogP contribution < -0.4 is 26.8 Å². The lowest BCUT2D eigenvalue weighted by Crippen LogP contribution is -3.09. The van der Waals surface area contributed by atoms with Gasteiger partial charge in [0.15, 0.2) is 69.8 Å². The highest BCUT2D eigenvalue weighted by molar-refractivity contribution is 7.20. The second-order valence-corrected chi connectivity index (χ2v) is 14.8. The third-order valence-electron chi connectivity index (χ3n) is 10.6. The van der Waals surface area contributed by atoms with Gasteiger partial charge in [0, 0.05) is 0 Å². The molecule has 0 aliphatic heterocycles. The highest BCUT2D eigenvalue weighted by atomic mass is 19.2. The van der Waals surface area contributed by atoms with Gasteiger partial charge in [0.2, 0.25) is 0 Å². The fourth-order valence-corrected chi connectivity index (χ4v) is 7.41. The molecule has 4 rings (SSSR count). The SMILES string of the molecule is CCCCCCCC[NH+](C)CCCCCCCC.Fc1c(F)c(F)c([B-](c2c(F)c(F)c(F)c(F)c2F)(c2c(F)c(F)c(F)c(F)c2F)c2c(F)c(F)c(F)c(F)c2F)c(F)c1F. The largest absolute Gasteiger partial charge is 0.337 e. The Morgan fingerprint density at radius 3 is 0.603 bits per heavy atom. The predicted molar refractivity (Wildman–Crippen MR) is 193 cm³/mol. The minimum Gasteiger partial charge on any atom is -0.337 e. The number of benzene rings is 4. The molecule has 0 aromatic heterocycles. The maximum absolute atomic E-state index is 15.4. The van der Waals surface area contributed by atoms with E-state index < -0.39 is 144 Å². The number of unbranched alkanes of at least 4 members (excludes halogenated alkanes) is 10. The molecule has 0 aliphatic carbocycles. The van der Waals surface area contributed by atoms with E-state index in [2.05, 4.69) is 20.9 Å². The van der Waals surface area contributed by atoms with Crippen molar-refractivity contribution in [2.24, 2.45) is 0 Å². The van der Waals surface area contributed by atoms with Gasteiger partial charge in [0.25, 0.3) is 0 Å². The third-order valence-corrected chi connectivity index (χ3v) is 10.6. The Kier molecular flexibility index (Phi) is 18.8. The van der Waals surface area contributed by atoms with Gasteiger partial charge in [-0.1, -0.05) is 65.2 Å². The van der Waals surface area contributed by atoms with E-state index in [0.717, 1.165) is 0 Å². The van der Waals surface area contributed by atoms with E-state index in [1.54, 1.807) is 4.90 Å². The Bertz CT molecular complexity index is 1870. The van der Waals surface area contributed by atoms with Gasteiger partial charge in [-0.25, -0.2) is 87.8 Å². The van der Waals surface area contributed by atoms with Crippen LogP contribution in [-0.2, 0) is 0 Å². The van der Waals surface area contributed by atoms with E-state index >= 15 is 35.1 Å². The minimum absolute atomic E-state index is 1.36. The standard InChI is InChI=1S/C24BF20.C17H37N/c26-5-1(6(27)14(35)21(42)13(5)34)25(2-7(28)15(36)22(43)16(37)8(2)29,3-9(30)17(38)23(44)18(39)10(3)31)4-11(32)19(40)24(45)20(41)12(4)33;1-4-6-8-10-12-14-16-18(3)17-15-13-11-9-7-5-2/h;4-17H2,1-3H3/q-1;/p+1. The molecule has 0 atom stereocenters. The summed E-state index contributed by atoms with van der Waals surface area (Å²) in [4.78, 5) is 1.75. The predicted octanol–water partition coefficient (Wildman–Crippen LogP) is 10.1. The van der Waals surface area contributed by atoms with Crippen LogP contribution in [0.25, 0.3) is 0 Å². The Labute approximate surface area is 348 Å². The van der Waals surface area contributed by atoms with Gasteiger partial charge in [-0.2, -0.15) is 0 Å². The minimum atomic E-state index is -7.22. The van der Waals surface area contributed by atoms with Gasteiger partial charge in [-0.05, 0) is 25.7 Å². The van der Waals surface area contributed by atoms with Crippen molar-refractivity contribution in [2.75, 3.05) is 20.1 Å². The van der Waals surface area contributed by atoms with Crippen molar-refractivity contribution in [2.45, 2.75) is 90.9 Å². The van der Waals surface area contributed by atoms with Crippen LogP contribution in [-0.4, -0.2) is 26.3 Å². The molecule has 0 unspecified atom stereocenters. The fourth-order valence-electron chi connectivity index (χ4n) is 7.41. The van der Waals surface area contributed by atoms with Gasteiger partial charge in [-0.3, -0.25) is 0 Å². The van der Waals surface area contributed by atoms with Crippen LogP contribution in [0.2, 0.25) is 0 Å². The average molecular weight is 936 g/mol. The zero-order valence-corrected chi connectivity index (χ0v) is 33.5. The van der Waals surface area contributed by atoms with E-state index in [9.17, 15) is 52.7 Å². The molecule has 0 amide bonds. The molecule has 0 spiro atoms. The summed E-state index contributed by atoms with van der Waals surface area (Å²) in [6, 6.07) is 0. The number of rotatable bonds is 18. The topological polar surface area (TPSA) is 4.44 Å². The molecule has 0 bridgehead atoms. The summed E-state index contributed by atoms with van der Waals surface area (Å²) in [5.74, 6) is -71.4. The Morgan fingerprint density at radius 1 is 0.254 bits per heavy atom. The second-order valence-electron chi connectivity index (χ2n) is 14.8. The smallest absolute Gasteiger partial charge is 0.200 e. The van der Waals surface area contributed by atoms with E-state index in [1.165, 1.54) is 90.1 Å². The van der Waals surface area contributed by atoms with E-state index in [4.69, 9.17) is 0 Å². The molecular formula is C41H38BF20N. The summed E-state index contributed by atoms with van der Waals surface area (Å²) in [5, 5.41) is 0. The second kappa shape index (κ2) is 22.4. The van der Waals surface area contributed by atoms with Crippen molar-refractivity contribution < 1.29 is 92.7 Å². The van der Waals surface area contributed by atoms with Crippen LogP contribution >= 0.6 is 0 Å². The van der Waals surface area contributed by atoms with E-state index in [0.29, 0.717) is 0 Å². The van der Waals surface area contributed by atoms with E-state index in [1.807, 2.05) is 0 Å². The van der Waals surface area contributed by atoms with Crippen LogP contribution in [0, 0.1) is 116 Å². The molecule has 4 aromatic rings. The molecule has 4 aromatic carbocycles. The molecule has 0 aliphatic rings. The Morgan fingerprint density at radius 2 is 0.413 bits per heavy atom. The maximum Gasteiger partial charge on any atom is 0.200 e. The fraction of sp³-hybridized carbons (Fsp3) is 0.415. The number of quaternary nitrogens is 1. The lowest BCUT2D eigenvalue weighted by molar-refractivity contribution is -0.880. The number of halogens is 20. The van der Waals surface area contributed by atoms with Crippen molar-refractivity contribution in [3.8, 4) is 0 Å². The van der Waals surface area contributed by atoms with Crippen LogP contribution in [0.3, 0.4) is 0 Å².